The van der Waals surface area contributed by atoms with Gasteiger partial charge in [-0.25, -0.2) is 9.97 Å². The highest BCUT2D eigenvalue weighted by molar-refractivity contribution is 5.70. The van der Waals surface area contributed by atoms with Crippen molar-refractivity contribution in [3.8, 4) is 17.1 Å². The lowest BCUT2D eigenvalue weighted by Crippen LogP contribution is -2.04. The van der Waals surface area contributed by atoms with Gasteiger partial charge in [-0.15, -0.1) is 0 Å². The van der Waals surface area contributed by atoms with Crippen molar-refractivity contribution in [2.45, 2.75) is 33.2 Å². The zero-order valence-electron chi connectivity index (χ0n) is 11.7. The molecule has 2 rings (SSSR count). The summed E-state index contributed by atoms with van der Waals surface area (Å²) in [5, 5.41) is 0. The Kier molecular flexibility index (Phi) is 4.04. The summed E-state index contributed by atoms with van der Waals surface area (Å²) < 4.78 is 7.11. The van der Waals surface area contributed by atoms with Gasteiger partial charge in [-0.1, -0.05) is 13.3 Å². The number of aryl methyl sites for hydroxylation is 1. The molecule has 2 N–H and O–H groups in total. The van der Waals surface area contributed by atoms with E-state index in [-0.39, 0.29) is 0 Å². The second-order valence-electron chi connectivity index (χ2n) is 4.49. The smallest absolute Gasteiger partial charge is 0.212 e. The van der Waals surface area contributed by atoms with E-state index in [1.807, 2.05) is 19.1 Å². The molecule has 0 spiro atoms. The summed E-state index contributed by atoms with van der Waals surface area (Å²) in [6.45, 7) is 5.05. The standard InChI is InChI=1S/C14H20N4O/c1-4-5-8-18-10(2)17-13(14(18)15)11-6-7-12(19-3)16-9-11/h6-7,9H,4-5,8,15H2,1-3H3. The molecule has 19 heavy (non-hydrogen) atoms. The minimum Gasteiger partial charge on any atom is -0.481 e. The van der Waals surface area contributed by atoms with E-state index >= 15 is 0 Å². The molecule has 0 fully saturated rings. The Hall–Kier alpha value is -2.04. The molecule has 0 amide bonds. The quantitative estimate of drug-likeness (QED) is 0.897. The van der Waals surface area contributed by atoms with E-state index in [9.17, 15) is 0 Å². The molecule has 102 valence electrons. The van der Waals surface area contributed by atoms with Crippen LogP contribution in [-0.4, -0.2) is 21.6 Å². The molecular weight excluding hydrogens is 240 g/mol. The Bertz CT molecular complexity index is 545. The van der Waals surface area contributed by atoms with E-state index < -0.39 is 0 Å². The lowest BCUT2D eigenvalue weighted by Gasteiger charge is -2.06. The Balaban J connectivity index is 2.33. The van der Waals surface area contributed by atoms with Crippen molar-refractivity contribution in [2.75, 3.05) is 12.8 Å². The molecule has 2 aromatic heterocycles. The number of hydrogen-bond donors (Lipinski definition) is 1. The first-order chi connectivity index (χ1) is 9.17. The van der Waals surface area contributed by atoms with Crippen molar-refractivity contribution in [3.63, 3.8) is 0 Å². The van der Waals surface area contributed by atoms with Crippen LogP contribution in [0.5, 0.6) is 5.88 Å². The van der Waals surface area contributed by atoms with Crippen LogP contribution in [0.2, 0.25) is 0 Å². The van der Waals surface area contributed by atoms with Crippen LogP contribution >= 0.6 is 0 Å². The number of ether oxygens (including phenoxy) is 1. The molecular formula is C14H20N4O. The van der Waals surface area contributed by atoms with Gasteiger partial charge in [0.25, 0.3) is 0 Å². The summed E-state index contributed by atoms with van der Waals surface area (Å²) in [4.78, 5) is 8.73. The number of aromatic nitrogens is 3. The van der Waals surface area contributed by atoms with E-state index in [2.05, 4.69) is 21.5 Å². The van der Waals surface area contributed by atoms with Gasteiger partial charge in [-0.3, -0.25) is 0 Å². The molecule has 5 heteroatoms. The second kappa shape index (κ2) is 5.73. The molecule has 0 aromatic carbocycles. The number of methoxy groups -OCH3 is 1. The number of nitrogens with zero attached hydrogens (tertiary/aromatic N) is 3. The Morgan fingerprint density at radius 1 is 1.37 bits per heavy atom. The first-order valence-corrected chi connectivity index (χ1v) is 6.50. The van der Waals surface area contributed by atoms with Gasteiger partial charge in [0, 0.05) is 24.4 Å². The number of pyridine rings is 1. The van der Waals surface area contributed by atoms with Crippen LogP contribution in [0.4, 0.5) is 5.82 Å². The Morgan fingerprint density at radius 3 is 2.74 bits per heavy atom. The molecule has 0 atom stereocenters. The summed E-state index contributed by atoms with van der Waals surface area (Å²) in [5.74, 6) is 2.24. The zero-order valence-corrected chi connectivity index (χ0v) is 11.7. The highest BCUT2D eigenvalue weighted by Gasteiger charge is 2.13. The van der Waals surface area contributed by atoms with E-state index in [1.54, 1.807) is 13.3 Å². The third-order valence-electron chi connectivity index (χ3n) is 3.15. The van der Waals surface area contributed by atoms with Crippen LogP contribution in [0.3, 0.4) is 0 Å². The number of nitrogens with two attached hydrogens (primary N) is 1. The SMILES string of the molecule is CCCCn1c(C)nc(-c2ccc(OC)nc2)c1N. The summed E-state index contributed by atoms with van der Waals surface area (Å²) in [7, 11) is 1.60. The number of hydrogen-bond acceptors (Lipinski definition) is 4. The first-order valence-electron chi connectivity index (χ1n) is 6.50. The van der Waals surface area contributed by atoms with Gasteiger partial charge in [-0.05, 0) is 19.4 Å². The maximum Gasteiger partial charge on any atom is 0.212 e. The summed E-state index contributed by atoms with van der Waals surface area (Å²) in [6, 6.07) is 3.74. The van der Waals surface area contributed by atoms with Crippen molar-refractivity contribution in [1.82, 2.24) is 14.5 Å². The topological polar surface area (TPSA) is 66.0 Å². The molecule has 2 heterocycles. The van der Waals surface area contributed by atoms with E-state index in [0.717, 1.165) is 36.5 Å². The Morgan fingerprint density at radius 2 is 2.16 bits per heavy atom. The highest BCUT2D eigenvalue weighted by atomic mass is 16.5. The maximum absolute atomic E-state index is 6.19. The predicted octanol–water partition coefficient (Wildman–Crippen LogP) is 2.64. The first kappa shape index (κ1) is 13.4. The van der Waals surface area contributed by atoms with Gasteiger partial charge < -0.3 is 15.0 Å². The molecule has 0 aliphatic rings. The molecule has 5 nitrogen and oxygen atoms in total. The highest BCUT2D eigenvalue weighted by Crippen LogP contribution is 2.26. The minimum absolute atomic E-state index is 0.587. The van der Waals surface area contributed by atoms with E-state index in [1.165, 1.54) is 0 Å². The lowest BCUT2D eigenvalue weighted by atomic mass is 10.2. The average molecular weight is 260 g/mol. The normalized spacial score (nSPS) is 10.7. The lowest BCUT2D eigenvalue weighted by molar-refractivity contribution is 0.398. The number of anilines is 1. The van der Waals surface area contributed by atoms with E-state index in [4.69, 9.17) is 10.5 Å². The van der Waals surface area contributed by atoms with Crippen molar-refractivity contribution >= 4 is 5.82 Å². The van der Waals surface area contributed by atoms with Crippen molar-refractivity contribution in [3.05, 3.63) is 24.2 Å². The molecule has 0 aliphatic carbocycles. The molecule has 0 bridgehead atoms. The largest absolute Gasteiger partial charge is 0.481 e. The summed E-state index contributed by atoms with van der Waals surface area (Å²) in [6.07, 6.45) is 3.97. The number of unbranched alkanes of at least 4 members (excludes halogenated alkanes) is 1. The van der Waals surface area contributed by atoms with Gasteiger partial charge in [0.2, 0.25) is 5.88 Å². The van der Waals surface area contributed by atoms with Crippen LogP contribution in [0.25, 0.3) is 11.3 Å². The van der Waals surface area contributed by atoms with Gasteiger partial charge in [0.1, 0.15) is 17.3 Å². The van der Waals surface area contributed by atoms with Gasteiger partial charge in [0.05, 0.1) is 7.11 Å². The van der Waals surface area contributed by atoms with Crippen LogP contribution in [0, 0.1) is 6.92 Å². The molecule has 2 aromatic rings. The third-order valence-corrected chi connectivity index (χ3v) is 3.15. The monoisotopic (exact) mass is 260 g/mol. The summed E-state index contributed by atoms with van der Waals surface area (Å²) >= 11 is 0. The molecule has 0 aliphatic heterocycles. The number of imidazole rings is 1. The zero-order chi connectivity index (χ0) is 13.8. The van der Waals surface area contributed by atoms with Crippen LogP contribution in [0.1, 0.15) is 25.6 Å². The fourth-order valence-corrected chi connectivity index (χ4v) is 2.03. The minimum atomic E-state index is 0.587. The van der Waals surface area contributed by atoms with Crippen molar-refractivity contribution in [1.29, 1.82) is 0 Å². The van der Waals surface area contributed by atoms with Crippen LogP contribution in [-0.2, 0) is 6.54 Å². The van der Waals surface area contributed by atoms with Gasteiger partial charge in [0.15, 0.2) is 0 Å². The second-order valence-corrected chi connectivity index (χ2v) is 4.49. The fourth-order valence-electron chi connectivity index (χ4n) is 2.03. The molecule has 0 saturated heterocycles. The van der Waals surface area contributed by atoms with Crippen LogP contribution in [0.15, 0.2) is 18.3 Å². The summed E-state index contributed by atoms with van der Waals surface area (Å²) in [5.41, 5.74) is 7.90. The molecule has 0 saturated carbocycles. The van der Waals surface area contributed by atoms with E-state index in [0.29, 0.717) is 11.7 Å². The predicted molar refractivity (Wildman–Crippen MR) is 76.1 cm³/mol. The fraction of sp³-hybridized carbons (Fsp3) is 0.429. The molecule has 0 radical (unpaired) electrons. The number of nitrogen functional groups attached to an aromatic ring is 1. The third kappa shape index (κ3) is 2.70. The van der Waals surface area contributed by atoms with Crippen LogP contribution < -0.4 is 10.5 Å². The average Bonchev–Trinajstić information content (AvgIpc) is 2.72. The van der Waals surface area contributed by atoms with Crippen molar-refractivity contribution in [2.24, 2.45) is 0 Å². The Labute approximate surface area is 113 Å². The van der Waals surface area contributed by atoms with Crippen molar-refractivity contribution < 1.29 is 4.74 Å². The molecule has 0 unspecified atom stereocenters. The van der Waals surface area contributed by atoms with Gasteiger partial charge >= 0.3 is 0 Å². The maximum atomic E-state index is 6.19. The number of rotatable bonds is 5. The van der Waals surface area contributed by atoms with Gasteiger partial charge in [-0.2, -0.15) is 0 Å².